The molecule has 3 N–H and O–H groups in total. The zero-order valence-electron chi connectivity index (χ0n) is 15.0. The molecule has 1 heterocycles. The molecule has 7 nitrogen and oxygen atoms in total. The summed E-state index contributed by atoms with van der Waals surface area (Å²) in [4.78, 5) is 32.5. The predicted octanol–water partition coefficient (Wildman–Crippen LogP) is 3.05. The molecule has 0 aliphatic rings. The minimum Gasteiger partial charge on any atom is -0.462 e. The van der Waals surface area contributed by atoms with E-state index in [0.717, 1.165) is 11.3 Å². The van der Waals surface area contributed by atoms with Crippen molar-refractivity contribution in [1.82, 2.24) is 9.97 Å². The maximum Gasteiger partial charge on any atom is 0.343 e. The molecule has 0 radical (unpaired) electrons. The summed E-state index contributed by atoms with van der Waals surface area (Å²) in [5.74, 6) is -0.663. The Morgan fingerprint density at radius 1 is 1.31 bits per heavy atom. The van der Waals surface area contributed by atoms with Gasteiger partial charge in [0.05, 0.1) is 11.9 Å². The van der Waals surface area contributed by atoms with Gasteiger partial charge in [0.1, 0.15) is 11.4 Å². The molecule has 2 aromatic rings. The highest BCUT2D eigenvalue weighted by Crippen LogP contribution is 2.25. The Kier molecular flexibility index (Phi) is 6.97. The highest BCUT2D eigenvalue weighted by molar-refractivity contribution is 8.00. The van der Waals surface area contributed by atoms with Crippen molar-refractivity contribution in [2.24, 2.45) is 0 Å². The molecule has 8 heteroatoms. The number of carbonyl (C=O) groups excluding carboxylic acids is 2. The average Bonchev–Trinajstić information content (AvgIpc) is 2.61. The summed E-state index contributed by atoms with van der Waals surface area (Å²) in [5, 5.41) is 2.87. The van der Waals surface area contributed by atoms with E-state index in [-0.39, 0.29) is 29.1 Å². The molecule has 0 saturated heterocycles. The lowest BCUT2D eigenvalue weighted by molar-refractivity contribution is -0.115. The van der Waals surface area contributed by atoms with Crippen LogP contribution in [0.3, 0.4) is 0 Å². The third-order valence-corrected chi connectivity index (χ3v) is 4.84. The fraction of sp³-hybridized carbons (Fsp3) is 0.333. The second-order valence-corrected chi connectivity index (χ2v) is 6.66. The minimum absolute atomic E-state index is 0.0371. The van der Waals surface area contributed by atoms with E-state index < -0.39 is 5.97 Å². The quantitative estimate of drug-likeness (QED) is 0.436. The van der Waals surface area contributed by atoms with Crippen molar-refractivity contribution in [3.63, 3.8) is 0 Å². The summed E-state index contributed by atoms with van der Waals surface area (Å²) >= 11 is 1.20. The number of hydrogen-bond acceptors (Lipinski definition) is 7. The van der Waals surface area contributed by atoms with Crippen molar-refractivity contribution in [3.05, 3.63) is 41.6 Å². The Hall–Kier alpha value is -2.61. The molecule has 1 atom stereocenters. The van der Waals surface area contributed by atoms with Crippen LogP contribution in [0.4, 0.5) is 11.5 Å². The second-order valence-electron chi connectivity index (χ2n) is 5.49. The van der Waals surface area contributed by atoms with Gasteiger partial charge in [-0.15, -0.1) is 0 Å². The summed E-state index contributed by atoms with van der Waals surface area (Å²) in [6.45, 7) is 5.79. The van der Waals surface area contributed by atoms with Crippen molar-refractivity contribution < 1.29 is 14.3 Å². The second kappa shape index (κ2) is 9.19. The molecule has 0 aliphatic heterocycles. The monoisotopic (exact) mass is 374 g/mol. The van der Waals surface area contributed by atoms with Crippen molar-refractivity contribution in [3.8, 4) is 0 Å². The number of nitrogens with one attached hydrogen (secondary N) is 1. The van der Waals surface area contributed by atoms with Crippen molar-refractivity contribution in [1.29, 1.82) is 0 Å². The molecule has 0 aliphatic carbocycles. The molecule has 1 aromatic heterocycles. The van der Waals surface area contributed by atoms with Crippen LogP contribution in [0.15, 0.2) is 35.6 Å². The fourth-order valence-electron chi connectivity index (χ4n) is 2.18. The van der Waals surface area contributed by atoms with Gasteiger partial charge in [0.2, 0.25) is 5.91 Å². The number of aromatic nitrogens is 2. The van der Waals surface area contributed by atoms with Crippen LogP contribution in [0.5, 0.6) is 0 Å². The van der Waals surface area contributed by atoms with Crippen LogP contribution in [0, 0.1) is 6.92 Å². The molecule has 0 saturated carbocycles. The maximum atomic E-state index is 12.6. The number of aryl methyl sites for hydroxylation is 1. The van der Waals surface area contributed by atoms with E-state index in [4.69, 9.17) is 10.5 Å². The van der Waals surface area contributed by atoms with Crippen LogP contribution in [0.25, 0.3) is 0 Å². The molecule has 0 bridgehead atoms. The average molecular weight is 374 g/mol. The van der Waals surface area contributed by atoms with Crippen LogP contribution >= 0.6 is 11.8 Å². The standard InChI is InChI=1S/C18H22N4O3S/c1-4-14(16(23)21-13-9-7-6-8-11(13)3)26-18-20-10-12(15(19)22-18)17(24)25-5-2/h6-10,14H,4-5H2,1-3H3,(H,21,23)(H2,19,20,22)/t14-/m0/s1. The number of nitrogen functional groups attached to an aromatic ring is 1. The minimum atomic E-state index is -0.564. The third-order valence-electron chi connectivity index (χ3n) is 3.61. The number of rotatable bonds is 7. The first-order valence-corrected chi connectivity index (χ1v) is 9.17. The topological polar surface area (TPSA) is 107 Å². The highest BCUT2D eigenvalue weighted by Gasteiger charge is 2.21. The summed E-state index contributed by atoms with van der Waals surface area (Å²) in [6, 6.07) is 7.57. The number of carbonyl (C=O) groups is 2. The van der Waals surface area contributed by atoms with Crippen LogP contribution in [0.2, 0.25) is 0 Å². The molecule has 26 heavy (non-hydrogen) atoms. The van der Waals surface area contributed by atoms with E-state index in [0.29, 0.717) is 11.6 Å². The first-order valence-electron chi connectivity index (χ1n) is 8.29. The lowest BCUT2D eigenvalue weighted by Crippen LogP contribution is -2.25. The predicted molar refractivity (Wildman–Crippen MR) is 102 cm³/mol. The number of thioether (sulfide) groups is 1. The van der Waals surface area contributed by atoms with Crippen molar-refractivity contribution >= 4 is 35.1 Å². The summed E-state index contributed by atoms with van der Waals surface area (Å²) in [7, 11) is 0. The highest BCUT2D eigenvalue weighted by atomic mass is 32.2. The Balaban J connectivity index is 2.09. The molecule has 1 amide bonds. The van der Waals surface area contributed by atoms with Gasteiger partial charge in [-0.25, -0.2) is 14.8 Å². The van der Waals surface area contributed by atoms with Crippen molar-refractivity contribution in [2.45, 2.75) is 37.6 Å². The first-order chi connectivity index (χ1) is 12.5. The Morgan fingerprint density at radius 3 is 2.65 bits per heavy atom. The van der Waals surface area contributed by atoms with E-state index in [2.05, 4.69) is 15.3 Å². The summed E-state index contributed by atoms with van der Waals surface area (Å²) in [6.07, 6.45) is 1.92. The van der Waals surface area contributed by atoms with E-state index in [1.807, 2.05) is 38.1 Å². The molecule has 2 rings (SSSR count). The number of para-hydroxylation sites is 1. The van der Waals surface area contributed by atoms with E-state index >= 15 is 0 Å². The number of benzene rings is 1. The summed E-state index contributed by atoms with van der Waals surface area (Å²) < 4.78 is 4.90. The van der Waals surface area contributed by atoms with E-state index in [1.165, 1.54) is 18.0 Å². The van der Waals surface area contributed by atoms with E-state index in [9.17, 15) is 9.59 Å². The Bertz CT molecular complexity index is 798. The molecule has 138 valence electrons. The first kappa shape index (κ1) is 19.7. The van der Waals surface area contributed by atoms with Crippen molar-refractivity contribution in [2.75, 3.05) is 17.7 Å². The molecule has 1 aromatic carbocycles. The number of nitrogens with zero attached hydrogens (tertiary/aromatic N) is 2. The van der Waals surface area contributed by atoms with E-state index in [1.54, 1.807) is 6.92 Å². The largest absolute Gasteiger partial charge is 0.462 e. The number of anilines is 2. The molecule has 0 unspecified atom stereocenters. The summed E-state index contributed by atoms with van der Waals surface area (Å²) in [5.41, 5.74) is 7.70. The third kappa shape index (κ3) is 4.95. The van der Waals surface area contributed by atoms with Crippen LogP contribution in [-0.4, -0.2) is 33.7 Å². The lowest BCUT2D eigenvalue weighted by atomic mass is 10.2. The fourth-order valence-corrected chi connectivity index (χ4v) is 3.03. The molecular weight excluding hydrogens is 352 g/mol. The van der Waals surface area contributed by atoms with Gasteiger partial charge in [-0.2, -0.15) is 0 Å². The molecule has 0 fully saturated rings. The van der Waals surface area contributed by atoms with Crippen LogP contribution in [0.1, 0.15) is 36.2 Å². The van der Waals surface area contributed by atoms with Gasteiger partial charge < -0.3 is 15.8 Å². The normalized spacial score (nSPS) is 11.7. The van der Waals surface area contributed by atoms with Gasteiger partial charge in [0.25, 0.3) is 0 Å². The Morgan fingerprint density at radius 2 is 2.04 bits per heavy atom. The van der Waals surface area contributed by atoms with Gasteiger partial charge >= 0.3 is 5.97 Å². The molecule has 0 spiro atoms. The van der Waals surface area contributed by atoms with Gasteiger partial charge in [0, 0.05) is 11.9 Å². The number of nitrogens with two attached hydrogens (primary N) is 1. The zero-order valence-corrected chi connectivity index (χ0v) is 15.8. The van der Waals surface area contributed by atoms with Gasteiger partial charge in [-0.3, -0.25) is 4.79 Å². The maximum absolute atomic E-state index is 12.6. The smallest absolute Gasteiger partial charge is 0.343 e. The zero-order chi connectivity index (χ0) is 19.1. The molecular formula is C18H22N4O3S. The van der Waals surface area contributed by atoms with Crippen LogP contribution in [-0.2, 0) is 9.53 Å². The van der Waals surface area contributed by atoms with Gasteiger partial charge in [0.15, 0.2) is 5.16 Å². The number of ether oxygens (including phenoxy) is 1. The SMILES string of the molecule is CCOC(=O)c1cnc(S[C@@H](CC)C(=O)Nc2ccccc2C)nc1N. The Labute approximate surface area is 156 Å². The van der Waals surface area contributed by atoms with Crippen LogP contribution < -0.4 is 11.1 Å². The van der Waals surface area contributed by atoms with Gasteiger partial charge in [-0.05, 0) is 31.9 Å². The number of esters is 1. The lowest BCUT2D eigenvalue weighted by Gasteiger charge is -2.15. The van der Waals surface area contributed by atoms with Gasteiger partial charge in [-0.1, -0.05) is 36.9 Å². The number of hydrogen-bond donors (Lipinski definition) is 2. The number of amides is 1.